The number of nitrogens with one attached hydrogen (secondary N) is 2. The second-order valence-electron chi connectivity index (χ2n) is 9.09. The zero-order valence-electron chi connectivity index (χ0n) is 18.9. The van der Waals surface area contributed by atoms with Gasteiger partial charge < -0.3 is 20.4 Å². The molecule has 1 saturated heterocycles. The number of hydrogen-bond donors (Lipinski definition) is 2. The van der Waals surface area contributed by atoms with Gasteiger partial charge in [-0.2, -0.15) is 0 Å². The van der Waals surface area contributed by atoms with Crippen LogP contribution < -0.4 is 15.5 Å². The van der Waals surface area contributed by atoms with Gasteiger partial charge in [-0.3, -0.25) is 0 Å². The fourth-order valence-corrected chi connectivity index (χ4v) is 6.10. The first-order valence-corrected chi connectivity index (χ1v) is 12.7. The minimum atomic E-state index is 0.449. The minimum Gasteiger partial charge on any atom is -0.382 e. The summed E-state index contributed by atoms with van der Waals surface area (Å²) in [5, 5.41) is 10.2. The number of hydrogen-bond acceptors (Lipinski definition) is 7. The van der Waals surface area contributed by atoms with Crippen molar-refractivity contribution in [1.82, 2.24) is 20.2 Å². The average Bonchev–Trinajstić information content (AvgIpc) is 3.09. The quantitative estimate of drug-likeness (QED) is 0.403. The van der Waals surface area contributed by atoms with Gasteiger partial charge in [0.2, 0.25) is 0 Å². The molecule has 2 N–H and O–H groups in total. The van der Waals surface area contributed by atoms with E-state index in [0.717, 1.165) is 61.9 Å². The molecule has 0 spiro atoms. The van der Waals surface area contributed by atoms with Gasteiger partial charge in [0.25, 0.3) is 0 Å². The molecule has 0 aliphatic carbocycles. The number of benzene rings is 1. The Morgan fingerprint density at radius 1 is 1.06 bits per heavy atom. The van der Waals surface area contributed by atoms with Crippen molar-refractivity contribution < 1.29 is 0 Å². The number of anilines is 2. The lowest BCUT2D eigenvalue weighted by molar-refractivity contribution is 0.312. The highest BCUT2D eigenvalue weighted by Crippen LogP contribution is 2.41. The molecule has 8 heteroatoms. The van der Waals surface area contributed by atoms with E-state index in [4.69, 9.17) is 16.6 Å². The van der Waals surface area contributed by atoms with E-state index in [2.05, 4.69) is 69.7 Å². The smallest absolute Gasteiger partial charge is 0.132 e. The molecule has 2 aliphatic rings. The molecule has 0 radical (unpaired) electrons. The van der Waals surface area contributed by atoms with E-state index in [1.807, 2.05) is 17.4 Å². The molecule has 6 rings (SSSR count). The van der Waals surface area contributed by atoms with Crippen LogP contribution in [0.2, 0.25) is 5.15 Å². The highest BCUT2D eigenvalue weighted by Gasteiger charge is 2.20. The molecule has 0 bridgehead atoms. The van der Waals surface area contributed by atoms with E-state index < -0.39 is 0 Å². The minimum absolute atomic E-state index is 0.449. The van der Waals surface area contributed by atoms with Crippen LogP contribution in [0.4, 0.5) is 11.5 Å². The summed E-state index contributed by atoms with van der Waals surface area (Å²) in [7, 11) is 2.16. The standard InChI is InChI=1S/C25H27ClN6S/c1-15-13-28-25-21(14-27-15)33-20-6-5-19-17(24(20)25)3-4-18(29-19)16-11-22(26)30-23(12-16)32-9-7-31(2)8-10-32/h3-6,11-12,15,27-28H,7-10,13-14H2,1-2H3/t15-/m1/s1. The van der Waals surface area contributed by atoms with E-state index >= 15 is 0 Å². The number of aromatic nitrogens is 2. The molecule has 1 fully saturated rings. The van der Waals surface area contributed by atoms with Crippen LogP contribution in [0.3, 0.4) is 0 Å². The van der Waals surface area contributed by atoms with Crippen LogP contribution in [0.1, 0.15) is 11.8 Å². The van der Waals surface area contributed by atoms with Crippen molar-refractivity contribution in [3.63, 3.8) is 0 Å². The maximum Gasteiger partial charge on any atom is 0.132 e. The van der Waals surface area contributed by atoms with Crippen molar-refractivity contribution in [3.8, 4) is 11.3 Å². The van der Waals surface area contributed by atoms with Crippen LogP contribution in [0, 0.1) is 0 Å². The fraction of sp³-hybridized carbons (Fsp3) is 0.360. The lowest BCUT2D eigenvalue weighted by Gasteiger charge is -2.33. The molecule has 0 amide bonds. The second kappa shape index (κ2) is 8.40. The Labute approximate surface area is 202 Å². The predicted octanol–water partition coefficient (Wildman–Crippen LogP) is 4.82. The molecule has 0 saturated carbocycles. The van der Waals surface area contributed by atoms with Gasteiger partial charge in [-0.15, -0.1) is 11.3 Å². The Hall–Kier alpha value is -2.45. The first-order valence-electron chi connectivity index (χ1n) is 11.5. The summed E-state index contributed by atoms with van der Waals surface area (Å²) in [5.74, 6) is 0.928. The summed E-state index contributed by atoms with van der Waals surface area (Å²) >= 11 is 8.31. The largest absolute Gasteiger partial charge is 0.382 e. The molecule has 4 aromatic rings. The fourth-order valence-electron chi connectivity index (χ4n) is 4.75. The third-order valence-electron chi connectivity index (χ3n) is 6.69. The summed E-state index contributed by atoms with van der Waals surface area (Å²) in [6.45, 7) is 8.01. The Kier molecular flexibility index (Phi) is 5.37. The van der Waals surface area contributed by atoms with E-state index in [9.17, 15) is 0 Å². The third-order valence-corrected chi connectivity index (χ3v) is 8.04. The maximum atomic E-state index is 6.45. The Balaban J connectivity index is 1.41. The number of piperazine rings is 1. The molecule has 3 aromatic heterocycles. The highest BCUT2D eigenvalue weighted by atomic mass is 35.5. The molecule has 170 valence electrons. The van der Waals surface area contributed by atoms with Gasteiger partial charge in [0.1, 0.15) is 11.0 Å². The van der Waals surface area contributed by atoms with Crippen molar-refractivity contribution in [2.75, 3.05) is 50.0 Å². The number of fused-ring (bicyclic) bond motifs is 5. The monoisotopic (exact) mass is 478 g/mol. The van der Waals surface area contributed by atoms with Crippen molar-refractivity contribution >= 4 is 55.4 Å². The van der Waals surface area contributed by atoms with Crippen LogP contribution in [0.5, 0.6) is 0 Å². The van der Waals surface area contributed by atoms with Crippen LogP contribution >= 0.6 is 22.9 Å². The second-order valence-corrected chi connectivity index (χ2v) is 10.6. The van der Waals surface area contributed by atoms with E-state index in [0.29, 0.717) is 11.2 Å². The normalized spacial score (nSPS) is 19.5. The van der Waals surface area contributed by atoms with Crippen molar-refractivity contribution in [3.05, 3.63) is 46.4 Å². The molecular weight excluding hydrogens is 452 g/mol. The van der Waals surface area contributed by atoms with E-state index in [1.165, 1.54) is 26.0 Å². The van der Waals surface area contributed by atoms with Gasteiger partial charge in [-0.25, -0.2) is 9.97 Å². The summed E-state index contributed by atoms with van der Waals surface area (Å²) in [6, 6.07) is 13.1. The van der Waals surface area contributed by atoms with Crippen LogP contribution in [-0.2, 0) is 6.54 Å². The number of pyridine rings is 2. The molecule has 6 nitrogen and oxygen atoms in total. The SMILES string of the molecule is C[C@@H]1CNc2c(sc3ccc4nc(-c5cc(Cl)nc(N6CCN(C)CC6)c5)ccc4c23)CN1. The number of likely N-dealkylation sites (N-methyl/N-ethyl adjacent to an activating group) is 1. The molecular formula is C25H27ClN6S. The summed E-state index contributed by atoms with van der Waals surface area (Å²) in [5.41, 5.74) is 4.19. The van der Waals surface area contributed by atoms with Gasteiger partial charge in [-0.05, 0) is 50.4 Å². The first kappa shape index (κ1) is 21.1. The molecule has 33 heavy (non-hydrogen) atoms. The number of nitrogens with zero attached hydrogens (tertiary/aromatic N) is 4. The van der Waals surface area contributed by atoms with Crippen LogP contribution in [0.25, 0.3) is 32.2 Å². The van der Waals surface area contributed by atoms with Gasteiger partial charge in [0.05, 0.1) is 16.9 Å². The lowest BCUT2D eigenvalue weighted by atomic mass is 10.1. The Morgan fingerprint density at radius 3 is 2.76 bits per heavy atom. The third kappa shape index (κ3) is 3.93. The van der Waals surface area contributed by atoms with E-state index in [-0.39, 0.29) is 0 Å². The van der Waals surface area contributed by atoms with Crippen molar-refractivity contribution in [2.45, 2.75) is 19.5 Å². The zero-order chi connectivity index (χ0) is 22.5. The summed E-state index contributed by atoms with van der Waals surface area (Å²) < 4.78 is 1.30. The predicted molar refractivity (Wildman–Crippen MR) is 140 cm³/mol. The lowest BCUT2D eigenvalue weighted by Crippen LogP contribution is -2.44. The summed E-state index contributed by atoms with van der Waals surface area (Å²) in [4.78, 5) is 15.7. The number of thiophene rings is 1. The van der Waals surface area contributed by atoms with E-state index in [1.54, 1.807) is 0 Å². The van der Waals surface area contributed by atoms with Crippen LogP contribution in [-0.4, -0.2) is 60.7 Å². The van der Waals surface area contributed by atoms with Gasteiger partial charge in [-0.1, -0.05) is 11.6 Å². The molecule has 1 atom stereocenters. The zero-order valence-corrected chi connectivity index (χ0v) is 20.4. The summed E-state index contributed by atoms with van der Waals surface area (Å²) in [6.07, 6.45) is 0. The first-order chi connectivity index (χ1) is 16.0. The molecule has 1 aromatic carbocycles. The molecule has 5 heterocycles. The van der Waals surface area contributed by atoms with Crippen LogP contribution in [0.15, 0.2) is 36.4 Å². The molecule has 2 aliphatic heterocycles. The maximum absolute atomic E-state index is 6.45. The van der Waals surface area contributed by atoms with Gasteiger partial charge in [0.15, 0.2) is 0 Å². The number of rotatable bonds is 2. The van der Waals surface area contributed by atoms with Gasteiger partial charge >= 0.3 is 0 Å². The van der Waals surface area contributed by atoms with Gasteiger partial charge in [0, 0.05) is 71.2 Å². The topological polar surface area (TPSA) is 56.3 Å². The molecule has 0 unspecified atom stereocenters. The highest BCUT2D eigenvalue weighted by molar-refractivity contribution is 7.20. The van der Waals surface area contributed by atoms with Crippen molar-refractivity contribution in [2.24, 2.45) is 0 Å². The average molecular weight is 479 g/mol. The Bertz CT molecular complexity index is 1340. The van der Waals surface area contributed by atoms with Crippen molar-refractivity contribution in [1.29, 1.82) is 0 Å². The number of halogens is 1. The Morgan fingerprint density at radius 2 is 1.91 bits per heavy atom.